The van der Waals surface area contributed by atoms with Crippen LogP contribution >= 0.6 is 11.3 Å². The van der Waals surface area contributed by atoms with E-state index in [-0.39, 0.29) is 11.7 Å². The zero-order chi connectivity index (χ0) is 19.7. The van der Waals surface area contributed by atoms with Gasteiger partial charge < -0.3 is 15.1 Å². The second-order valence-corrected chi connectivity index (χ2v) is 8.34. The molecule has 4 rings (SSSR count). The van der Waals surface area contributed by atoms with Crippen LogP contribution in [0.15, 0.2) is 30.6 Å². The number of thiophene rings is 1. The Balaban J connectivity index is 1.38. The van der Waals surface area contributed by atoms with Crippen molar-refractivity contribution < 1.29 is 14.1 Å². The van der Waals surface area contributed by atoms with Crippen molar-refractivity contribution >= 4 is 39.0 Å². The number of carbonyl (C=O) groups is 1. The molecule has 8 heteroatoms. The molecule has 0 atom stereocenters. The number of halogens is 1. The molecule has 0 unspecified atom stereocenters. The number of benzene rings is 1. The fourth-order valence-electron chi connectivity index (χ4n) is 3.61. The van der Waals surface area contributed by atoms with E-state index < -0.39 is 0 Å². The van der Waals surface area contributed by atoms with Crippen molar-refractivity contribution in [1.82, 2.24) is 9.97 Å². The lowest BCUT2D eigenvalue weighted by molar-refractivity contribution is -0.892. The van der Waals surface area contributed by atoms with Crippen molar-refractivity contribution in [3.8, 4) is 0 Å². The molecule has 0 aliphatic carbocycles. The first kappa shape index (κ1) is 18.8. The van der Waals surface area contributed by atoms with Crippen molar-refractivity contribution in [3.05, 3.63) is 46.9 Å². The van der Waals surface area contributed by atoms with Gasteiger partial charge in [0.25, 0.3) is 5.91 Å². The Morgan fingerprint density at radius 3 is 2.82 bits per heavy atom. The molecule has 1 aromatic carbocycles. The molecule has 0 spiro atoms. The van der Waals surface area contributed by atoms with Gasteiger partial charge in [0.2, 0.25) is 0 Å². The molecular weight excluding hydrogens is 377 g/mol. The summed E-state index contributed by atoms with van der Waals surface area (Å²) < 4.78 is 13.2. The molecule has 2 N–H and O–H groups in total. The van der Waals surface area contributed by atoms with Crippen molar-refractivity contribution in [2.45, 2.75) is 13.8 Å². The van der Waals surface area contributed by atoms with Crippen LogP contribution in [-0.4, -0.2) is 48.6 Å². The Hall–Kier alpha value is -2.58. The lowest BCUT2D eigenvalue weighted by Gasteiger charge is -2.32. The van der Waals surface area contributed by atoms with Gasteiger partial charge in [-0.1, -0.05) is 6.07 Å². The number of piperazine rings is 1. The van der Waals surface area contributed by atoms with Crippen LogP contribution in [-0.2, 0) is 4.79 Å². The Morgan fingerprint density at radius 1 is 1.29 bits per heavy atom. The standard InChI is InChI=1S/C20H22FN5OS/c1-13-14(2)28-20-18(13)19(22-12-23-20)26-8-6-25(7-9-26)11-17(27)24-16-5-3-4-15(21)10-16/h3-5,10,12H,6-9,11H2,1-2H3,(H,24,27)/p+1. The van der Waals surface area contributed by atoms with E-state index in [2.05, 4.69) is 34.0 Å². The minimum absolute atomic E-state index is 0.0946. The van der Waals surface area contributed by atoms with E-state index in [1.165, 1.54) is 27.5 Å². The molecule has 2 aromatic heterocycles. The molecular formula is C20H23FN5OS+. The predicted molar refractivity (Wildman–Crippen MR) is 110 cm³/mol. The Morgan fingerprint density at radius 2 is 2.07 bits per heavy atom. The van der Waals surface area contributed by atoms with Crippen LogP contribution in [0.3, 0.4) is 0 Å². The summed E-state index contributed by atoms with van der Waals surface area (Å²) in [5.41, 5.74) is 1.74. The van der Waals surface area contributed by atoms with Crippen LogP contribution in [0.25, 0.3) is 10.2 Å². The molecule has 28 heavy (non-hydrogen) atoms. The highest BCUT2D eigenvalue weighted by molar-refractivity contribution is 7.18. The molecule has 146 valence electrons. The van der Waals surface area contributed by atoms with Gasteiger partial charge in [-0.3, -0.25) is 4.79 Å². The normalized spacial score (nSPS) is 15.2. The quantitative estimate of drug-likeness (QED) is 0.701. The van der Waals surface area contributed by atoms with E-state index in [4.69, 9.17) is 0 Å². The van der Waals surface area contributed by atoms with E-state index in [0.29, 0.717) is 12.2 Å². The number of rotatable bonds is 4. The van der Waals surface area contributed by atoms with Crippen LogP contribution in [0.4, 0.5) is 15.9 Å². The number of hydrogen-bond acceptors (Lipinski definition) is 5. The highest BCUT2D eigenvalue weighted by Gasteiger charge is 2.25. The summed E-state index contributed by atoms with van der Waals surface area (Å²) in [4.78, 5) is 27.1. The summed E-state index contributed by atoms with van der Waals surface area (Å²) in [7, 11) is 0. The number of anilines is 2. The van der Waals surface area contributed by atoms with E-state index in [1.54, 1.807) is 29.8 Å². The maximum absolute atomic E-state index is 13.2. The summed E-state index contributed by atoms with van der Waals surface area (Å²) in [6.45, 7) is 7.99. The smallest absolute Gasteiger partial charge is 0.279 e. The molecule has 1 amide bonds. The van der Waals surface area contributed by atoms with Crippen molar-refractivity contribution in [1.29, 1.82) is 0 Å². The minimum Gasteiger partial charge on any atom is -0.345 e. The number of quaternary nitrogens is 1. The number of fused-ring (bicyclic) bond motifs is 1. The fraction of sp³-hybridized carbons (Fsp3) is 0.350. The lowest BCUT2D eigenvalue weighted by atomic mass is 10.2. The number of aryl methyl sites for hydroxylation is 2. The Kier molecular flexibility index (Phi) is 5.23. The molecule has 0 radical (unpaired) electrons. The van der Waals surface area contributed by atoms with Gasteiger partial charge in [0.15, 0.2) is 6.54 Å². The number of nitrogens with zero attached hydrogens (tertiary/aromatic N) is 3. The van der Waals surface area contributed by atoms with Crippen LogP contribution in [0.1, 0.15) is 10.4 Å². The SMILES string of the molecule is Cc1sc2ncnc(N3CC[NH+](CC(=O)Nc4cccc(F)c4)CC3)c2c1C. The zero-order valence-corrected chi connectivity index (χ0v) is 16.8. The lowest BCUT2D eigenvalue weighted by Crippen LogP contribution is -3.15. The van der Waals surface area contributed by atoms with Gasteiger partial charge in [0.05, 0.1) is 31.6 Å². The molecule has 6 nitrogen and oxygen atoms in total. The molecule has 1 fully saturated rings. The first-order valence-corrected chi connectivity index (χ1v) is 10.2. The predicted octanol–water partition coefficient (Wildman–Crippen LogP) is 1.79. The Bertz CT molecular complexity index is 1010. The summed E-state index contributed by atoms with van der Waals surface area (Å²) in [5, 5.41) is 3.93. The van der Waals surface area contributed by atoms with Gasteiger partial charge in [-0.15, -0.1) is 11.3 Å². The van der Waals surface area contributed by atoms with Crippen molar-refractivity contribution in [2.24, 2.45) is 0 Å². The zero-order valence-electron chi connectivity index (χ0n) is 16.0. The minimum atomic E-state index is -0.353. The topological polar surface area (TPSA) is 62.6 Å². The van der Waals surface area contributed by atoms with Gasteiger partial charge in [-0.25, -0.2) is 14.4 Å². The highest BCUT2D eigenvalue weighted by Crippen LogP contribution is 2.34. The van der Waals surface area contributed by atoms with Crippen molar-refractivity contribution in [3.63, 3.8) is 0 Å². The van der Waals surface area contributed by atoms with Crippen LogP contribution in [0, 0.1) is 19.7 Å². The van der Waals surface area contributed by atoms with Crippen LogP contribution < -0.4 is 15.1 Å². The molecule has 3 aromatic rings. The third-order valence-electron chi connectivity index (χ3n) is 5.23. The van der Waals surface area contributed by atoms with Crippen LogP contribution in [0.2, 0.25) is 0 Å². The Labute approximate surface area is 167 Å². The number of hydrogen-bond donors (Lipinski definition) is 2. The van der Waals surface area contributed by atoms with Gasteiger partial charge in [-0.2, -0.15) is 0 Å². The van der Waals surface area contributed by atoms with Gasteiger partial charge in [0.1, 0.15) is 22.8 Å². The van der Waals surface area contributed by atoms with E-state index in [0.717, 1.165) is 42.2 Å². The van der Waals surface area contributed by atoms with Gasteiger partial charge in [0, 0.05) is 10.6 Å². The number of amides is 1. The van der Waals surface area contributed by atoms with E-state index >= 15 is 0 Å². The molecule has 0 bridgehead atoms. The molecule has 1 saturated heterocycles. The number of nitrogens with one attached hydrogen (secondary N) is 2. The highest BCUT2D eigenvalue weighted by atomic mass is 32.1. The molecule has 1 aliphatic rings. The third-order valence-corrected chi connectivity index (χ3v) is 6.35. The molecule has 3 heterocycles. The second kappa shape index (κ2) is 7.81. The van der Waals surface area contributed by atoms with E-state index in [9.17, 15) is 9.18 Å². The first-order valence-electron chi connectivity index (χ1n) is 9.36. The molecule has 0 saturated carbocycles. The summed E-state index contributed by atoms with van der Waals surface area (Å²) in [6.07, 6.45) is 1.64. The summed E-state index contributed by atoms with van der Waals surface area (Å²) in [6, 6.07) is 5.98. The fourth-order valence-corrected chi connectivity index (χ4v) is 4.61. The maximum atomic E-state index is 13.2. The maximum Gasteiger partial charge on any atom is 0.279 e. The van der Waals surface area contributed by atoms with Gasteiger partial charge >= 0.3 is 0 Å². The largest absolute Gasteiger partial charge is 0.345 e. The summed E-state index contributed by atoms with van der Waals surface area (Å²) in [5.74, 6) is 0.548. The van der Waals surface area contributed by atoms with Crippen LogP contribution in [0.5, 0.6) is 0 Å². The molecule has 1 aliphatic heterocycles. The third kappa shape index (κ3) is 3.83. The average Bonchev–Trinajstić information content (AvgIpc) is 2.96. The van der Waals surface area contributed by atoms with Gasteiger partial charge in [-0.05, 0) is 37.6 Å². The summed E-state index contributed by atoms with van der Waals surface area (Å²) >= 11 is 1.71. The second-order valence-electron chi connectivity index (χ2n) is 7.13. The van der Waals surface area contributed by atoms with E-state index in [1.807, 2.05) is 0 Å². The monoisotopic (exact) mass is 400 g/mol. The first-order chi connectivity index (χ1) is 13.5. The van der Waals surface area contributed by atoms with Crippen molar-refractivity contribution in [2.75, 3.05) is 42.9 Å². The average molecular weight is 401 g/mol. The number of carbonyl (C=O) groups excluding carboxylic acids is 1. The number of aromatic nitrogens is 2.